The Labute approximate surface area is 128 Å². The first-order valence-electron chi connectivity index (χ1n) is 8.03. The van der Waals surface area contributed by atoms with E-state index in [9.17, 15) is 4.79 Å². The van der Waals surface area contributed by atoms with Gasteiger partial charge in [0.05, 0.1) is 5.54 Å². The lowest BCUT2D eigenvalue weighted by molar-refractivity contribution is -0.151. The Morgan fingerprint density at radius 2 is 1.67 bits per heavy atom. The molecule has 1 atom stereocenters. The van der Waals surface area contributed by atoms with Crippen molar-refractivity contribution >= 4 is 11.8 Å². The van der Waals surface area contributed by atoms with E-state index < -0.39 is 0 Å². The fraction of sp³-hybridized carbons (Fsp3) is 0.882. The molecule has 21 heavy (non-hydrogen) atoms. The van der Waals surface area contributed by atoms with Gasteiger partial charge in [-0.2, -0.15) is 0 Å². The Morgan fingerprint density at radius 3 is 2.10 bits per heavy atom. The number of hydrogen-bond donors (Lipinski definition) is 0. The highest BCUT2D eigenvalue weighted by atomic mass is 16.5. The molecule has 1 saturated heterocycles. The number of rotatable bonds is 2. The van der Waals surface area contributed by atoms with E-state index in [0.29, 0.717) is 12.5 Å². The van der Waals surface area contributed by atoms with Gasteiger partial charge < -0.3 is 9.64 Å². The third-order valence-electron chi connectivity index (χ3n) is 4.74. The fourth-order valence-corrected chi connectivity index (χ4v) is 3.73. The van der Waals surface area contributed by atoms with Crippen LogP contribution in [0.2, 0.25) is 0 Å². The number of amides is 1. The Balaban J connectivity index is 2.25. The highest BCUT2D eigenvalue weighted by molar-refractivity contribution is 6.01. The monoisotopic (exact) mass is 294 g/mol. The van der Waals surface area contributed by atoms with Crippen molar-refractivity contribution in [1.82, 2.24) is 4.90 Å². The molecule has 0 bridgehead atoms. The molecule has 2 aliphatic rings. The minimum Gasteiger partial charge on any atom is -0.478 e. The van der Waals surface area contributed by atoms with E-state index in [1.54, 1.807) is 0 Å². The van der Waals surface area contributed by atoms with Gasteiger partial charge in [0.1, 0.15) is 12.5 Å². The number of carbonyl (C=O) groups excluding carboxylic acids is 1. The Kier molecular flexibility index (Phi) is 3.88. The molecule has 1 amide bonds. The Bertz CT molecular complexity index is 447. The predicted molar refractivity (Wildman–Crippen MR) is 85.5 cm³/mol. The van der Waals surface area contributed by atoms with Crippen LogP contribution in [0.5, 0.6) is 0 Å². The van der Waals surface area contributed by atoms with Crippen molar-refractivity contribution in [3.05, 3.63) is 0 Å². The average molecular weight is 294 g/mol. The molecule has 2 rings (SSSR count). The normalized spacial score (nSPS) is 27.8. The largest absolute Gasteiger partial charge is 0.478 e. The van der Waals surface area contributed by atoms with Crippen molar-refractivity contribution in [3.8, 4) is 0 Å². The van der Waals surface area contributed by atoms with E-state index in [2.05, 4.69) is 37.6 Å². The van der Waals surface area contributed by atoms with E-state index in [1.165, 1.54) is 6.42 Å². The summed E-state index contributed by atoms with van der Waals surface area (Å²) in [6, 6.07) is 0. The van der Waals surface area contributed by atoms with Gasteiger partial charge in [0.25, 0.3) is 0 Å². The summed E-state index contributed by atoms with van der Waals surface area (Å²) < 4.78 is 5.68. The van der Waals surface area contributed by atoms with E-state index >= 15 is 0 Å². The van der Waals surface area contributed by atoms with Gasteiger partial charge >= 0.3 is 0 Å². The van der Waals surface area contributed by atoms with Crippen molar-refractivity contribution in [1.29, 1.82) is 0 Å². The van der Waals surface area contributed by atoms with Crippen LogP contribution in [-0.4, -0.2) is 39.9 Å². The lowest BCUT2D eigenvalue weighted by atomic mass is 9.79. The summed E-state index contributed by atoms with van der Waals surface area (Å²) in [6.07, 6.45) is 3.27. The summed E-state index contributed by atoms with van der Waals surface area (Å²) in [5.74, 6) is 0.437. The van der Waals surface area contributed by atoms with Crippen LogP contribution in [0, 0.1) is 5.92 Å². The third-order valence-corrected chi connectivity index (χ3v) is 4.74. The Morgan fingerprint density at radius 1 is 1.14 bits per heavy atom. The lowest BCUT2D eigenvalue weighted by Crippen LogP contribution is -2.62. The maximum absolute atomic E-state index is 13.1. The number of ether oxygens (including phenoxy) is 1. The predicted octanol–water partition coefficient (Wildman–Crippen LogP) is 3.40. The molecule has 0 aliphatic carbocycles. The zero-order chi connectivity index (χ0) is 16.1. The topological polar surface area (TPSA) is 41.9 Å². The first kappa shape index (κ1) is 16.3. The number of likely N-dealkylation sites (tertiary alicyclic amines) is 1. The van der Waals surface area contributed by atoms with E-state index in [4.69, 9.17) is 4.74 Å². The standard InChI is InChI=1S/C17H30N2O2/c1-12(13-18-15(2,3)11-21-13)14(20)19-16(4,5)9-8-10-17(19,6)7/h12H,8-11H2,1-7H3. The van der Waals surface area contributed by atoms with E-state index in [-0.39, 0.29) is 28.4 Å². The van der Waals surface area contributed by atoms with Crippen molar-refractivity contribution in [3.63, 3.8) is 0 Å². The minimum atomic E-state index is -0.302. The molecule has 0 spiro atoms. The molecular weight excluding hydrogens is 264 g/mol. The van der Waals surface area contributed by atoms with Gasteiger partial charge in [-0.1, -0.05) is 0 Å². The highest BCUT2D eigenvalue weighted by Gasteiger charge is 2.46. The molecule has 0 N–H and O–H groups in total. The Hall–Kier alpha value is -1.06. The summed E-state index contributed by atoms with van der Waals surface area (Å²) in [4.78, 5) is 19.7. The number of aliphatic imine (C=N–C) groups is 1. The fourth-order valence-electron chi connectivity index (χ4n) is 3.73. The number of hydrogen-bond acceptors (Lipinski definition) is 3. The van der Waals surface area contributed by atoms with Gasteiger partial charge in [-0.25, -0.2) is 4.99 Å². The molecule has 0 aromatic rings. The second kappa shape index (κ2) is 4.99. The van der Waals surface area contributed by atoms with Crippen molar-refractivity contribution in [2.24, 2.45) is 10.9 Å². The van der Waals surface area contributed by atoms with Crippen molar-refractivity contribution in [2.45, 2.75) is 84.3 Å². The number of piperidine rings is 1. The molecule has 0 radical (unpaired) electrons. The average Bonchev–Trinajstić information content (AvgIpc) is 2.66. The molecule has 0 aromatic heterocycles. The van der Waals surface area contributed by atoms with Gasteiger partial charge in [0.15, 0.2) is 5.90 Å². The summed E-state index contributed by atoms with van der Waals surface area (Å²) in [6.45, 7) is 15.2. The van der Waals surface area contributed by atoms with Crippen LogP contribution in [0.3, 0.4) is 0 Å². The van der Waals surface area contributed by atoms with Crippen LogP contribution in [0.15, 0.2) is 4.99 Å². The van der Waals surface area contributed by atoms with Crippen LogP contribution < -0.4 is 0 Å². The number of nitrogens with zero attached hydrogens (tertiary/aromatic N) is 2. The van der Waals surface area contributed by atoms with Crippen molar-refractivity contribution in [2.75, 3.05) is 6.61 Å². The molecule has 4 nitrogen and oxygen atoms in total. The second-order valence-electron chi connectivity index (χ2n) is 8.42. The van der Waals surface area contributed by atoms with E-state index in [0.717, 1.165) is 12.8 Å². The zero-order valence-corrected chi connectivity index (χ0v) is 14.6. The third kappa shape index (κ3) is 3.09. The van der Waals surface area contributed by atoms with Crippen LogP contribution in [0.25, 0.3) is 0 Å². The summed E-state index contributed by atoms with van der Waals surface area (Å²) in [5, 5.41) is 0. The second-order valence-corrected chi connectivity index (χ2v) is 8.42. The SMILES string of the molecule is CC(C(=O)N1C(C)(C)CCCC1(C)C)C1=NC(C)(C)CO1. The molecule has 0 saturated carbocycles. The molecular formula is C17H30N2O2. The smallest absolute Gasteiger partial charge is 0.235 e. The maximum atomic E-state index is 13.1. The van der Waals surface area contributed by atoms with Crippen LogP contribution in [0.1, 0.15) is 67.7 Å². The van der Waals surface area contributed by atoms with Gasteiger partial charge in [0.2, 0.25) is 5.91 Å². The van der Waals surface area contributed by atoms with Crippen molar-refractivity contribution < 1.29 is 9.53 Å². The van der Waals surface area contributed by atoms with Gasteiger partial charge in [-0.15, -0.1) is 0 Å². The quantitative estimate of drug-likeness (QED) is 0.783. The summed E-state index contributed by atoms with van der Waals surface area (Å²) >= 11 is 0. The van der Waals surface area contributed by atoms with Gasteiger partial charge in [0, 0.05) is 11.1 Å². The molecule has 1 fully saturated rings. The molecule has 2 aliphatic heterocycles. The first-order valence-corrected chi connectivity index (χ1v) is 8.03. The number of carbonyl (C=O) groups is 1. The molecule has 2 heterocycles. The summed E-state index contributed by atoms with van der Waals surface area (Å²) in [7, 11) is 0. The molecule has 4 heteroatoms. The minimum absolute atomic E-state index is 0.109. The molecule has 0 aromatic carbocycles. The van der Waals surface area contributed by atoms with Gasteiger partial charge in [-0.05, 0) is 67.7 Å². The lowest BCUT2D eigenvalue weighted by Gasteiger charge is -2.53. The van der Waals surface area contributed by atoms with Crippen LogP contribution in [0.4, 0.5) is 0 Å². The maximum Gasteiger partial charge on any atom is 0.235 e. The van der Waals surface area contributed by atoms with Gasteiger partial charge in [-0.3, -0.25) is 4.79 Å². The first-order chi connectivity index (χ1) is 9.46. The summed E-state index contributed by atoms with van der Waals surface area (Å²) in [5.41, 5.74) is -0.430. The van der Waals surface area contributed by atoms with Crippen LogP contribution >= 0.6 is 0 Å². The highest BCUT2D eigenvalue weighted by Crippen LogP contribution is 2.39. The molecule has 1 unspecified atom stereocenters. The van der Waals surface area contributed by atoms with Crippen LogP contribution in [-0.2, 0) is 9.53 Å². The molecule has 120 valence electrons. The zero-order valence-electron chi connectivity index (χ0n) is 14.6. The van der Waals surface area contributed by atoms with E-state index in [1.807, 2.05) is 20.8 Å².